The standard InChI is InChI=1S/C16H28N4O2/c1-5-11(2)16(21)20-8-6-7-13(10-20)15-18-14(19-22-15)9-12(3)17-4/h11-13,17H,5-10H2,1-4H3. The van der Waals surface area contributed by atoms with Crippen LogP contribution >= 0.6 is 0 Å². The van der Waals surface area contributed by atoms with Gasteiger partial charge in [-0.25, -0.2) is 0 Å². The van der Waals surface area contributed by atoms with E-state index in [4.69, 9.17) is 4.52 Å². The lowest BCUT2D eigenvalue weighted by molar-refractivity contribution is -0.136. The van der Waals surface area contributed by atoms with Crippen molar-refractivity contribution in [2.75, 3.05) is 20.1 Å². The van der Waals surface area contributed by atoms with E-state index in [-0.39, 0.29) is 17.7 Å². The molecule has 1 amide bonds. The van der Waals surface area contributed by atoms with Crippen LogP contribution in [0.3, 0.4) is 0 Å². The first-order chi connectivity index (χ1) is 10.5. The topological polar surface area (TPSA) is 71.3 Å². The van der Waals surface area contributed by atoms with Crippen LogP contribution in [0.5, 0.6) is 0 Å². The Morgan fingerprint density at radius 2 is 2.27 bits per heavy atom. The second kappa shape index (κ2) is 7.72. The summed E-state index contributed by atoms with van der Waals surface area (Å²) in [6.07, 6.45) is 3.64. The van der Waals surface area contributed by atoms with Crippen LogP contribution < -0.4 is 5.32 Å². The summed E-state index contributed by atoms with van der Waals surface area (Å²) in [5, 5.41) is 7.24. The molecule has 2 rings (SSSR count). The van der Waals surface area contributed by atoms with Gasteiger partial charge in [0.1, 0.15) is 0 Å². The zero-order valence-electron chi connectivity index (χ0n) is 14.1. The highest BCUT2D eigenvalue weighted by molar-refractivity contribution is 5.78. The van der Waals surface area contributed by atoms with E-state index in [1.807, 2.05) is 18.9 Å². The minimum Gasteiger partial charge on any atom is -0.342 e. The van der Waals surface area contributed by atoms with E-state index in [1.165, 1.54) is 0 Å². The molecule has 2 heterocycles. The molecule has 3 atom stereocenters. The predicted octanol–water partition coefficient (Wildman–Crippen LogP) is 1.97. The quantitative estimate of drug-likeness (QED) is 0.870. The van der Waals surface area contributed by atoms with Crippen LogP contribution in [0.25, 0.3) is 0 Å². The van der Waals surface area contributed by atoms with E-state index >= 15 is 0 Å². The summed E-state index contributed by atoms with van der Waals surface area (Å²) in [5.74, 6) is 1.93. The number of aromatic nitrogens is 2. The Kier molecular flexibility index (Phi) is 5.94. The van der Waals surface area contributed by atoms with Gasteiger partial charge in [0.15, 0.2) is 5.82 Å². The van der Waals surface area contributed by atoms with Crippen molar-refractivity contribution in [2.45, 2.75) is 58.4 Å². The van der Waals surface area contributed by atoms with E-state index < -0.39 is 0 Å². The van der Waals surface area contributed by atoms with Crippen molar-refractivity contribution < 1.29 is 9.32 Å². The molecule has 124 valence electrons. The molecule has 3 unspecified atom stereocenters. The molecule has 1 aliphatic rings. The molecule has 1 aromatic heterocycles. The van der Waals surface area contributed by atoms with Gasteiger partial charge in [0.05, 0.1) is 5.92 Å². The van der Waals surface area contributed by atoms with Gasteiger partial charge in [-0.05, 0) is 33.2 Å². The van der Waals surface area contributed by atoms with E-state index in [2.05, 4.69) is 29.3 Å². The average molecular weight is 308 g/mol. The minimum atomic E-state index is 0.0912. The fourth-order valence-electron chi connectivity index (χ4n) is 2.76. The third-order valence-corrected chi connectivity index (χ3v) is 4.58. The molecular weight excluding hydrogens is 280 g/mol. The number of rotatable bonds is 6. The van der Waals surface area contributed by atoms with Crippen molar-refractivity contribution >= 4 is 5.91 Å². The fraction of sp³-hybridized carbons (Fsp3) is 0.812. The van der Waals surface area contributed by atoms with Crippen molar-refractivity contribution in [2.24, 2.45) is 5.92 Å². The molecule has 1 aromatic rings. The first-order valence-electron chi connectivity index (χ1n) is 8.33. The van der Waals surface area contributed by atoms with Crippen molar-refractivity contribution in [3.63, 3.8) is 0 Å². The molecule has 22 heavy (non-hydrogen) atoms. The number of amides is 1. The van der Waals surface area contributed by atoms with Crippen molar-refractivity contribution in [1.82, 2.24) is 20.4 Å². The van der Waals surface area contributed by atoms with Gasteiger partial charge in [-0.15, -0.1) is 0 Å². The zero-order chi connectivity index (χ0) is 16.1. The number of nitrogens with zero attached hydrogens (tertiary/aromatic N) is 3. The zero-order valence-corrected chi connectivity index (χ0v) is 14.1. The summed E-state index contributed by atoms with van der Waals surface area (Å²) in [4.78, 5) is 18.8. The predicted molar refractivity (Wildman–Crippen MR) is 84.5 cm³/mol. The molecule has 0 radical (unpaired) electrons. The van der Waals surface area contributed by atoms with Gasteiger partial charge in [0, 0.05) is 31.5 Å². The van der Waals surface area contributed by atoms with Gasteiger partial charge in [0.2, 0.25) is 11.8 Å². The largest absolute Gasteiger partial charge is 0.342 e. The fourth-order valence-corrected chi connectivity index (χ4v) is 2.76. The van der Waals surface area contributed by atoms with Crippen LogP contribution in [-0.4, -0.2) is 47.1 Å². The number of nitrogens with one attached hydrogen (secondary N) is 1. The van der Waals surface area contributed by atoms with Crippen molar-refractivity contribution in [3.05, 3.63) is 11.7 Å². The summed E-state index contributed by atoms with van der Waals surface area (Å²) in [6.45, 7) is 7.68. The lowest BCUT2D eigenvalue weighted by atomic mass is 9.96. The van der Waals surface area contributed by atoms with Crippen molar-refractivity contribution in [3.8, 4) is 0 Å². The van der Waals surface area contributed by atoms with Gasteiger partial charge in [0.25, 0.3) is 0 Å². The van der Waals surface area contributed by atoms with Gasteiger partial charge in [-0.1, -0.05) is 19.0 Å². The lowest BCUT2D eigenvalue weighted by Crippen LogP contribution is -2.41. The van der Waals surface area contributed by atoms with E-state index in [0.29, 0.717) is 18.5 Å². The molecule has 6 heteroatoms. The van der Waals surface area contributed by atoms with Crippen LogP contribution in [0.1, 0.15) is 57.7 Å². The molecule has 1 fully saturated rings. The minimum absolute atomic E-state index is 0.0912. The van der Waals surface area contributed by atoms with E-state index in [0.717, 1.165) is 38.1 Å². The number of piperidine rings is 1. The van der Waals surface area contributed by atoms with Gasteiger partial charge in [-0.3, -0.25) is 4.79 Å². The monoisotopic (exact) mass is 308 g/mol. The molecular formula is C16H28N4O2. The molecule has 1 N–H and O–H groups in total. The smallest absolute Gasteiger partial charge is 0.231 e. The maximum Gasteiger partial charge on any atom is 0.231 e. The van der Waals surface area contributed by atoms with Gasteiger partial charge in [-0.2, -0.15) is 4.98 Å². The molecule has 0 aromatic carbocycles. The molecule has 0 saturated carbocycles. The van der Waals surface area contributed by atoms with Crippen LogP contribution in [0.2, 0.25) is 0 Å². The van der Waals surface area contributed by atoms with Crippen molar-refractivity contribution in [1.29, 1.82) is 0 Å². The second-order valence-electron chi connectivity index (χ2n) is 6.38. The summed E-state index contributed by atoms with van der Waals surface area (Å²) < 4.78 is 5.44. The second-order valence-corrected chi connectivity index (χ2v) is 6.38. The summed E-state index contributed by atoms with van der Waals surface area (Å²) in [6, 6.07) is 0.320. The molecule has 1 saturated heterocycles. The molecule has 0 aliphatic carbocycles. The van der Waals surface area contributed by atoms with Crippen LogP contribution in [-0.2, 0) is 11.2 Å². The number of likely N-dealkylation sites (tertiary alicyclic amines) is 1. The molecule has 6 nitrogen and oxygen atoms in total. The normalized spacial score (nSPS) is 21.6. The Balaban J connectivity index is 1.99. The number of hydrogen-bond donors (Lipinski definition) is 1. The first kappa shape index (κ1) is 16.9. The van der Waals surface area contributed by atoms with E-state index in [1.54, 1.807) is 0 Å². The summed E-state index contributed by atoms with van der Waals surface area (Å²) in [7, 11) is 1.92. The van der Waals surface area contributed by atoms with Crippen LogP contribution in [0.4, 0.5) is 0 Å². The Bertz CT molecular complexity index is 488. The molecule has 1 aliphatic heterocycles. The third-order valence-electron chi connectivity index (χ3n) is 4.58. The van der Waals surface area contributed by atoms with Crippen LogP contribution in [0.15, 0.2) is 4.52 Å². The molecule has 0 spiro atoms. The SMILES string of the molecule is CCC(C)C(=O)N1CCCC(c2nc(CC(C)NC)no2)C1. The average Bonchev–Trinajstić information content (AvgIpc) is 3.01. The first-order valence-corrected chi connectivity index (χ1v) is 8.33. The third kappa shape index (κ3) is 4.06. The Morgan fingerprint density at radius 3 is 2.95 bits per heavy atom. The van der Waals surface area contributed by atoms with Gasteiger partial charge >= 0.3 is 0 Å². The summed E-state index contributed by atoms with van der Waals surface area (Å²) >= 11 is 0. The highest BCUT2D eigenvalue weighted by Crippen LogP contribution is 2.27. The molecule has 0 bridgehead atoms. The maximum absolute atomic E-state index is 12.3. The Labute approximate surface area is 132 Å². The van der Waals surface area contributed by atoms with Gasteiger partial charge < -0.3 is 14.7 Å². The highest BCUT2D eigenvalue weighted by Gasteiger charge is 2.30. The highest BCUT2D eigenvalue weighted by atomic mass is 16.5. The van der Waals surface area contributed by atoms with E-state index in [9.17, 15) is 4.79 Å². The summed E-state index contributed by atoms with van der Waals surface area (Å²) in [5.41, 5.74) is 0. The number of hydrogen-bond acceptors (Lipinski definition) is 5. The Morgan fingerprint density at radius 1 is 1.50 bits per heavy atom. The number of likely N-dealkylation sites (N-methyl/N-ethyl adjacent to an activating group) is 1. The number of carbonyl (C=O) groups excluding carboxylic acids is 1. The van der Waals surface area contributed by atoms with Crippen LogP contribution in [0, 0.1) is 5.92 Å². The Hall–Kier alpha value is -1.43. The number of carbonyl (C=O) groups is 1. The lowest BCUT2D eigenvalue weighted by Gasteiger charge is -2.32. The maximum atomic E-state index is 12.3.